The Morgan fingerprint density at radius 2 is 1.57 bits per heavy atom. The highest BCUT2D eigenvalue weighted by Crippen LogP contribution is 2.29. The number of carbonyl (C=O) groups excluding carboxylic acids is 1. The van der Waals surface area contributed by atoms with E-state index >= 15 is 0 Å². The first-order chi connectivity index (χ1) is 13.4. The summed E-state index contributed by atoms with van der Waals surface area (Å²) in [5.74, 6) is 0.468. The van der Waals surface area contributed by atoms with Crippen molar-refractivity contribution < 1.29 is 18.0 Å². The quantitative estimate of drug-likeness (QED) is 0.519. The van der Waals surface area contributed by atoms with E-state index < -0.39 is 11.7 Å². The minimum absolute atomic E-state index is 0.0361. The molecule has 6 heteroatoms. The van der Waals surface area contributed by atoms with Gasteiger partial charge in [-0.2, -0.15) is 13.2 Å². The molecule has 1 amide bonds. The molecule has 28 heavy (non-hydrogen) atoms. The normalized spacial score (nSPS) is 11.2. The topological polar surface area (TPSA) is 29.1 Å². The van der Waals surface area contributed by atoms with E-state index in [-0.39, 0.29) is 12.5 Å². The van der Waals surface area contributed by atoms with E-state index in [2.05, 4.69) is 5.32 Å². The number of hydrogen-bond donors (Lipinski definition) is 1. The van der Waals surface area contributed by atoms with Gasteiger partial charge in [0.15, 0.2) is 0 Å². The van der Waals surface area contributed by atoms with Gasteiger partial charge in [-0.15, -0.1) is 11.8 Å². The smallest absolute Gasteiger partial charge is 0.348 e. The predicted octanol–water partition coefficient (Wildman–Crippen LogP) is 5.93. The fourth-order valence-corrected chi connectivity index (χ4v) is 3.45. The minimum Gasteiger partial charge on any atom is -0.348 e. The molecule has 0 unspecified atom stereocenters. The second kappa shape index (κ2) is 8.97. The lowest BCUT2D eigenvalue weighted by atomic mass is 10.1. The van der Waals surface area contributed by atoms with Crippen LogP contribution in [-0.2, 0) is 18.5 Å². The third kappa shape index (κ3) is 5.63. The number of hydrogen-bond acceptors (Lipinski definition) is 2. The molecule has 0 saturated carbocycles. The van der Waals surface area contributed by atoms with E-state index in [1.54, 1.807) is 30.0 Å². The van der Waals surface area contributed by atoms with Crippen LogP contribution in [0.5, 0.6) is 0 Å². The van der Waals surface area contributed by atoms with E-state index in [1.165, 1.54) is 11.0 Å². The molecule has 144 valence electrons. The van der Waals surface area contributed by atoms with Crippen molar-refractivity contribution >= 4 is 17.7 Å². The number of alkyl halides is 3. The molecule has 0 saturated heterocycles. The minimum atomic E-state index is -4.40. The lowest BCUT2D eigenvalue weighted by molar-refractivity contribution is -0.137. The molecule has 3 rings (SSSR count). The summed E-state index contributed by atoms with van der Waals surface area (Å²) < 4.78 is 38.3. The van der Waals surface area contributed by atoms with Gasteiger partial charge in [0.1, 0.15) is 0 Å². The van der Waals surface area contributed by atoms with Crippen molar-refractivity contribution in [2.45, 2.75) is 23.4 Å². The highest BCUT2D eigenvalue weighted by molar-refractivity contribution is 7.98. The highest BCUT2D eigenvalue weighted by Gasteiger charge is 2.30. The van der Waals surface area contributed by atoms with Gasteiger partial charge < -0.3 is 5.32 Å². The molecule has 0 aliphatic rings. The number of amides is 1. The van der Waals surface area contributed by atoms with Crippen molar-refractivity contribution in [3.8, 4) is 0 Å². The first-order valence-corrected chi connectivity index (χ1v) is 9.61. The van der Waals surface area contributed by atoms with Crippen LogP contribution in [0.1, 0.15) is 27.0 Å². The van der Waals surface area contributed by atoms with E-state index in [9.17, 15) is 18.0 Å². The first kappa shape index (κ1) is 20.0. The van der Waals surface area contributed by atoms with Gasteiger partial charge in [-0.05, 0) is 47.5 Å². The van der Waals surface area contributed by atoms with Crippen LogP contribution in [0.25, 0.3) is 0 Å². The summed E-state index contributed by atoms with van der Waals surface area (Å²) in [7, 11) is 0. The Balaban J connectivity index is 1.55. The molecule has 2 nitrogen and oxygen atoms in total. The molecule has 0 spiro atoms. The maximum absolute atomic E-state index is 12.8. The zero-order valence-electron chi connectivity index (χ0n) is 14.9. The fraction of sp³-hybridized carbons (Fsp3) is 0.136. The Kier molecular flexibility index (Phi) is 6.41. The molecule has 0 bridgehead atoms. The van der Waals surface area contributed by atoms with E-state index in [0.29, 0.717) is 11.1 Å². The highest BCUT2D eigenvalue weighted by atomic mass is 32.2. The summed E-state index contributed by atoms with van der Waals surface area (Å²) in [5.41, 5.74) is 1.24. The Bertz CT molecular complexity index is 925. The van der Waals surface area contributed by atoms with Crippen LogP contribution >= 0.6 is 11.8 Å². The van der Waals surface area contributed by atoms with Crippen LogP contribution in [0, 0.1) is 0 Å². The van der Waals surface area contributed by atoms with Crippen molar-refractivity contribution in [3.05, 3.63) is 101 Å². The van der Waals surface area contributed by atoms with Crippen molar-refractivity contribution in [2.24, 2.45) is 0 Å². The van der Waals surface area contributed by atoms with Crippen molar-refractivity contribution in [1.82, 2.24) is 5.32 Å². The molecule has 0 atom stereocenters. The second-order valence-corrected chi connectivity index (χ2v) is 7.23. The predicted molar refractivity (Wildman–Crippen MR) is 105 cm³/mol. The number of benzene rings is 3. The van der Waals surface area contributed by atoms with Crippen molar-refractivity contribution in [1.29, 1.82) is 0 Å². The molecule has 0 aliphatic carbocycles. The summed E-state index contributed by atoms with van der Waals surface area (Å²) in [6.45, 7) is 0.0361. The van der Waals surface area contributed by atoms with E-state index in [4.69, 9.17) is 0 Å². The van der Waals surface area contributed by atoms with E-state index in [1.807, 2.05) is 42.5 Å². The summed E-state index contributed by atoms with van der Waals surface area (Å²) >= 11 is 1.71. The maximum Gasteiger partial charge on any atom is 0.416 e. The summed E-state index contributed by atoms with van der Waals surface area (Å²) in [6, 6.07) is 22.2. The third-order valence-corrected chi connectivity index (χ3v) is 5.16. The monoisotopic (exact) mass is 401 g/mol. The lowest BCUT2D eigenvalue weighted by Gasteiger charge is -2.10. The average molecular weight is 401 g/mol. The van der Waals surface area contributed by atoms with Gasteiger partial charge in [0.2, 0.25) is 0 Å². The molecule has 3 aromatic carbocycles. The van der Waals surface area contributed by atoms with Gasteiger partial charge in [-0.25, -0.2) is 0 Å². The molecular weight excluding hydrogens is 383 g/mol. The van der Waals surface area contributed by atoms with Crippen LogP contribution in [0.4, 0.5) is 13.2 Å². The average Bonchev–Trinajstić information content (AvgIpc) is 2.71. The lowest BCUT2D eigenvalue weighted by Crippen LogP contribution is -2.23. The summed E-state index contributed by atoms with van der Waals surface area (Å²) in [6.07, 6.45) is -4.40. The van der Waals surface area contributed by atoms with Crippen LogP contribution in [0.15, 0.2) is 83.8 Å². The summed E-state index contributed by atoms with van der Waals surface area (Å²) in [5, 5.41) is 2.66. The van der Waals surface area contributed by atoms with Gasteiger partial charge in [-0.3, -0.25) is 4.79 Å². The molecule has 0 radical (unpaired) electrons. The van der Waals surface area contributed by atoms with Crippen molar-refractivity contribution in [3.63, 3.8) is 0 Å². The van der Waals surface area contributed by atoms with Crippen LogP contribution < -0.4 is 5.32 Å². The van der Waals surface area contributed by atoms with E-state index in [0.717, 1.165) is 23.4 Å². The second-order valence-electron chi connectivity index (χ2n) is 6.18. The molecular formula is C22H18F3NOS. The van der Waals surface area contributed by atoms with Crippen LogP contribution in [0.2, 0.25) is 0 Å². The van der Waals surface area contributed by atoms with Gasteiger partial charge in [-0.1, -0.05) is 42.5 Å². The third-order valence-electron chi connectivity index (χ3n) is 4.07. The maximum atomic E-state index is 12.8. The molecule has 0 fully saturated rings. The molecule has 1 N–H and O–H groups in total. The first-order valence-electron chi connectivity index (χ1n) is 8.63. The Morgan fingerprint density at radius 3 is 2.25 bits per heavy atom. The molecule has 0 aromatic heterocycles. The van der Waals surface area contributed by atoms with Gasteiger partial charge in [0.05, 0.1) is 5.56 Å². The van der Waals surface area contributed by atoms with Gasteiger partial charge >= 0.3 is 6.18 Å². The Hall–Kier alpha value is -2.73. The molecule has 0 heterocycles. The van der Waals surface area contributed by atoms with Gasteiger partial charge in [0, 0.05) is 22.8 Å². The number of halogens is 3. The molecule has 0 aliphatic heterocycles. The zero-order valence-corrected chi connectivity index (χ0v) is 15.7. The van der Waals surface area contributed by atoms with Crippen molar-refractivity contribution in [2.75, 3.05) is 0 Å². The Morgan fingerprint density at radius 1 is 0.857 bits per heavy atom. The number of carbonyl (C=O) groups is 1. The van der Waals surface area contributed by atoms with Crippen LogP contribution in [0.3, 0.4) is 0 Å². The number of nitrogens with one attached hydrogen (secondary N) is 1. The number of thioether (sulfide) groups is 1. The summed E-state index contributed by atoms with van der Waals surface area (Å²) in [4.78, 5) is 13.4. The Labute approximate surface area is 165 Å². The largest absolute Gasteiger partial charge is 0.416 e. The SMILES string of the molecule is O=C(NCc1cccc(C(F)(F)F)c1)c1ccc(CSc2ccccc2)cc1. The van der Waals surface area contributed by atoms with Gasteiger partial charge in [0.25, 0.3) is 5.91 Å². The molecule has 3 aromatic rings. The fourth-order valence-electron chi connectivity index (χ4n) is 2.58. The standard InChI is InChI=1S/C22H18F3NOS/c23-22(24,25)19-6-4-5-17(13-19)14-26-21(27)18-11-9-16(10-12-18)15-28-20-7-2-1-3-8-20/h1-13H,14-15H2,(H,26,27). The number of rotatable bonds is 6. The zero-order chi connectivity index (χ0) is 20.0. The van der Waals surface area contributed by atoms with Crippen LogP contribution in [-0.4, -0.2) is 5.91 Å².